The topological polar surface area (TPSA) is 150 Å². The molecule has 11 heteroatoms. The number of methoxy groups -OCH3 is 1. The highest BCUT2D eigenvalue weighted by Crippen LogP contribution is 2.36. The number of carbonyl (C=O) groups excluding carboxylic acids is 4. The van der Waals surface area contributed by atoms with E-state index in [0.29, 0.717) is 13.0 Å². The Balaban J connectivity index is 0.00000600. The van der Waals surface area contributed by atoms with Crippen molar-refractivity contribution in [1.82, 2.24) is 0 Å². The number of hydrogen-bond donors (Lipinski definition) is 1. The van der Waals surface area contributed by atoms with Crippen molar-refractivity contribution in [1.29, 1.82) is 0 Å². The van der Waals surface area contributed by atoms with Gasteiger partial charge in [0.25, 0.3) is 0 Å². The summed E-state index contributed by atoms with van der Waals surface area (Å²) in [6.07, 6.45) is 1.56. The molecular formula is C36H45NO10. The third-order valence-electron chi connectivity index (χ3n) is 8.59. The van der Waals surface area contributed by atoms with E-state index in [1.165, 1.54) is 13.3 Å². The minimum atomic E-state index is -1.04. The quantitative estimate of drug-likeness (QED) is 0.0304. The van der Waals surface area contributed by atoms with Crippen molar-refractivity contribution in [2.24, 2.45) is 28.3 Å². The van der Waals surface area contributed by atoms with Gasteiger partial charge in [0.1, 0.15) is 12.7 Å². The Morgan fingerprint density at radius 1 is 0.979 bits per heavy atom. The molecule has 0 spiro atoms. The van der Waals surface area contributed by atoms with Crippen LogP contribution in [0.3, 0.4) is 0 Å². The fraction of sp³-hybridized carbons (Fsp3) is 0.472. The summed E-state index contributed by atoms with van der Waals surface area (Å²) in [5, 5.41) is 17.2. The number of benzene rings is 3. The lowest BCUT2D eigenvalue weighted by molar-refractivity contribution is -0.161. The summed E-state index contributed by atoms with van der Waals surface area (Å²) in [4.78, 5) is 57.2. The summed E-state index contributed by atoms with van der Waals surface area (Å²) in [7, 11) is 1.27. The normalized spacial score (nSPS) is 17.2. The first-order chi connectivity index (χ1) is 22.1. The Morgan fingerprint density at radius 3 is 2.13 bits per heavy atom. The second-order valence-corrected chi connectivity index (χ2v) is 11.9. The molecule has 1 fully saturated rings. The lowest BCUT2D eigenvalue weighted by Crippen LogP contribution is -2.36. The van der Waals surface area contributed by atoms with Crippen LogP contribution in [0.2, 0.25) is 0 Å². The van der Waals surface area contributed by atoms with Crippen LogP contribution in [0.4, 0.5) is 0 Å². The van der Waals surface area contributed by atoms with Crippen molar-refractivity contribution < 1.29 is 48.1 Å². The van der Waals surface area contributed by atoms with Crippen molar-refractivity contribution in [3.63, 3.8) is 0 Å². The van der Waals surface area contributed by atoms with Crippen molar-refractivity contribution in [2.75, 3.05) is 27.1 Å². The number of hydrogen-bond acceptors (Lipinski definition) is 11. The number of ether oxygens (including phenoxy) is 4. The van der Waals surface area contributed by atoms with Crippen molar-refractivity contribution in [2.45, 2.75) is 60.0 Å². The molecule has 1 N–H and O–H groups in total. The second-order valence-electron chi connectivity index (χ2n) is 11.9. The molecule has 0 amide bonds. The molecule has 47 heavy (non-hydrogen) atoms. The molecule has 5 atom stereocenters. The van der Waals surface area contributed by atoms with Crippen LogP contribution >= 0.6 is 0 Å². The maximum atomic E-state index is 13.2. The molecule has 0 aromatic heterocycles. The molecule has 4 rings (SSSR count). The summed E-state index contributed by atoms with van der Waals surface area (Å²) in [6, 6.07) is 17.7. The van der Waals surface area contributed by atoms with Gasteiger partial charge in [-0.15, -0.1) is 0 Å². The van der Waals surface area contributed by atoms with E-state index in [4.69, 9.17) is 23.8 Å². The van der Waals surface area contributed by atoms with Gasteiger partial charge in [-0.05, 0) is 60.2 Å². The molecular weight excluding hydrogens is 606 g/mol. The number of carbonyl (C=O) groups is 4. The zero-order chi connectivity index (χ0) is 33.3. The average molecular weight is 652 g/mol. The van der Waals surface area contributed by atoms with Crippen molar-refractivity contribution in [3.05, 3.63) is 60.2 Å². The lowest BCUT2D eigenvalue weighted by atomic mass is 9.75. The van der Waals surface area contributed by atoms with Crippen LogP contribution in [0, 0.1) is 23.2 Å². The van der Waals surface area contributed by atoms with Crippen LogP contribution in [0.1, 0.15) is 59.4 Å². The molecule has 11 nitrogen and oxygen atoms in total. The van der Waals surface area contributed by atoms with Crippen LogP contribution in [0.25, 0.3) is 21.5 Å². The summed E-state index contributed by atoms with van der Waals surface area (Å²) in [6.45, 7) is 4.72. The Hall–Kier alpha value is -4.35. The van der Waals surface area contributed by atoms with E-state index < -0.39 is 53.8 Å². The zero-order valence-corrected chi connectivity index (χ0v) is 26.6. The van der Waals surface area contributed by atoms with Crippen LogP contribution in [0.5, 0.6) is 0 Å². The highest BCUT2D eigenvalue weighted by Gasteiger charge is 2.41. The molecule has 1 aliphatic rings. The third-order valence-corrected chi connectivity index (χ3v) is 8.59. The van der Waals surface area contributed by atoms with Crippen LogP contribution in [0.15, 0.2) is 59.8 Å². The summed E-state index contributed by atoms with van der Waals surface area (Å²) in [5.74, 6) is -5.36. The van der Waals surface area contributed by atoms with Gasteiger partial charge >= 0.3 is 23.9 Å². The smallest absolute Gasteiger partial charge is 0.337 e. The standard InChI is InChI=1S/C35H41NO10.CH4/c1-5-35(3,34(41)42-4)17-26(33(40)44-20-27-19-43-27)16-25(32(39)45-21-37)14-22(2)31(38)46-36-18-30-28-12-8-6-10-23(28)15-24-11-7-9-13-29(24)30;/h6-13,15,18,22,25-27,37H,5,14,16-17,19-21H2,1-4H3;1H4/b36-18+;. The summed E-state index contributed by atoms with van der Waals surface area (Å²) < 4.78 is 20.5. The van der Waals surface area contributed by atoms with Crippen molar-refractivity contribution in [3.8, 4) is 0 Å². The maximum absolute atomic E-state index is 13.2. The number of aliphatic hydroxyl groups excluding tert-OH is 1. The fourth-order valence-corrected chi connectivity index (χ4v) is 5.63. The molecule has 3 aromatic rings. The number of fused-ring (bicyclic) bond motifs is 2. The summed E-state index contributed by atoms with van der Waals surface area (Å²) >= 11 is 0. The van der Waals surface area contributed by atoms with Crippen molar-refractivity contribution >= 4 is 51.6 Å². The molecule has 1 heterocycles. The van der Waals surface area contributed by atoms with E-state index in [1.54, 1.807) is 20.8 Å². The van der Waals surface area contributed by atoms with Gasteiger partial charge in [0.2, 0.25) is 0 Å². The van der Waals surface area contributed by atoms with E-state index in [2.05, 4.69) is 11.2 Å². The molecule has 5 unspecified atom stereocenters. The molecule has 1 saturated heterocycles. The molecule has 0 radical (unpaired) electrons. The summed E-state index contributed by atoms with van der Waals surface area (Å²) in [5.41, 5.74) is -0.244. The second kappa shape index (κ2) is 17.0. The number of oxime groups is 1. The highest BCUT2D eigenvalue weighted by molar-refractivity contribution is 6.13. The molecule has 1 aliphatic heterocycles. The Morgan fingerprint density at radius 2 is 1.57 bits per heavy atom. The fourth-order valence-electron chi connectivity index (χ4n) is 5.63. The number of nitrogens with zero attached hydrogens (tertiary/aromatic N) is 1. The van der Waals surface area contributed by atoms with Gasteiger partial charge in [-0.1, -0.05) is 75.0 Å². The predicted octanol–water partition coefficient (Wildman–Crippen LogP) is 5.57. The minimum Gasteiger partial charge on any atom is -0.469 e. The number of aliphatic hydroxyl groups is 1. The number of epoxide rings is 1. The molecule has 254 valence electrons. The van der Waals surface area contributed by atoms with Crippen LogP contribution in [-0.4, -0.2) is 68.4 Å². The molecule has 0 aliphatic carbocycles. The molecule has 0 saturated carbocycles. The minimum absolute atomic E-state index is 0. The maximum Gasteiger partial charge on any atom is 0.337 e. The van der Waals surface area contributed by atoms with Crippen LogP contribution in [-0.2, 0) is 43.0 Å². The Labute approximate surface area is 275 Å². The Bertz CT molecular complexity index is 1530. The first-order valence-electron chi connectivity index (χ1n) is 15.4. The molecule has 0 bridgehead atoms. The zero-order valence-electron chi connectivity index (χ0n) is 26.6. The predicted molar refractivity (Wildman–Crippen MR) is 176 cm³/mol. The van der Waals surface area contributed by atoms with E-state index in [0.717, 1.165) is 27.1 Å². The third kappa shape index (κ3) is 9.59. The van der Waals surface area contributed by atoms with Gasteiger partial charge < -0.3 is 28.9 Å². The largest absolute Gasteiger partial charge is 0.469 e. The van der Waals surface area contributed by atoms with Gasteiger partial charge in [0.15, 0.2) is 6.79 Å². The highest BCUT2D eigenvalue weighted by atomic mass is 16.7. The van der Waals surface area contributed by atoms with Crippen LogP contribution < -0.4 is 0 Å². The van der Waals surface area contributed by atoms with Gasteiger partial charge in [-0.2, -0.15) is 0 Å². The van der Waals surface area contributed by atoms with E-state index >= 15 is 0 Å². The lowest BCUT2D eigenvalue weighted by Gasteiger charge is -2.30. The average Bonchev–Trinajstić information content (AvgIpc) is 3.90. The van der Waals surface area contributed by atoms with E-state index in [-0.39, 0.29) is 39.4 Å². The van der Waals surface area contributed by atoms with E-state index in [9.17, 15) is 24.3 Å². The number of esters is 3. The number of rotatable bonds is 16. The SMILES string of the molecule is C.CCC(C)(CC(CC(CC(C)C(=O)O/N=C/c1c2ccccc2cc2ccccc12)C(=O)OCO)C(=O)OCC1CO1)C(=O)OC. The monoisotopic (exact) mass is 651 g/mol. The van der Waals surface area contributed by atoms with Gasteiger partial charge in [-0.25, -0.2) is 4.79 Å². The van der Waals surface area contributed by atoms with E-state index in [1.807, 2.05) is 48.5 Å². The van der Waals surface area contributed by atoms with Gasteiger partial charge in [0.05, 0.1) is 43.1 Å². The molecule has 3 aromatic carbocycles. The van der Waals surface area contributed by atoms with Gasteiger partial charge in [-0.3, -0.25) is 14.4 Å². The first kappa shape index (κ1) is 37.1. The first-order valence-corrected chi connectivity index (χ1v) is 15.4. The Kier molecular flexibility index (Phi) is 13.4. The van der Waals surface area contributed by atoms with Gasteiger partial charge in [0, 0.05) is 5.56 Å².